The first kappa shape index (κ1) is 11.6. The number of hydrogen-bond acceptors (Lipinski definition) is 1. The standard InChI is InChI=1S/C14H20FN/c1-3-11(2)10-16-14(8-9-14)12-6-4-5-7-13(12)15/h4-7,11,16H,3,8-10H2,1-2H3. The Labute approximate surface area is 97.1 Å². The highest BCUT2D eigenvalue weighted by Crippen LogP contribution is 2.46. The molecule has 0 amide bonds. The summed E-state index contributed by atoms with van der Waals surface area (Å²) < 4.78 is 13.7. The van der Waals surface area contributed by atoms with Gasteiger partial charge in [-0.2, -0.15) is 0 Å². The van der Waals surface area contributed by atoms with Crippen LogP contribution in [0, 0.1) is 11.7 Å². The molecular formula is C14H20FN. The zero-order valence-corrected chi connectivity index (χ0v) is 10.1. The first-order valence-electron chi connectivity index (χ1n) is 6.18. The van der Waals surface area contributed by atoms with Crippen molar-refractivity contribution in [3.05, 3.63) is 35.6 Å². The minimum Gasteiger partial charge on any atom is -0.307 e. The molecule has 0 aliphatic heterocycles. The molecule has 0 saturated heterocycles. The fourth-order valence-electron chi connectivity index (χ4n) is 2.03. The maximum absolute atomic E-state index is 13.7. The van der Waals surface area contributed by atoms with Crippen molar-refractivity contribution in [3.63, 3.8) is 0 Å². The Morgan fingerprint density at radius 3 is 2.62 bits per heavy atom. The third-order valence-corrected chi connectivity index (χ3v) is 3.63. The van der Waals surface area contributed by atoms with E-state index in [0.29, 0.717) is 5.92 Å². The molecule has 1 N–H and O–H groups in total. The van der Waals surface area contributed by atoms with Crippen LogP contribution in [0.2, 0.25) is 0 Å². The van der Waals surface area contributed by atoms with Gasteiger partial charge in [-0.25, -0.2) is 4.39 Å². The quantitative estimate of drug-likeness (QED) is 0.803. The number of hydrogen-bond donors (Lipinski definition) is 1. The van der Waals surface area contributed by atoms with E-state index >= 15 is 0 Å². The molecule has 2 rings (SSSR count). The minimum absolute atomic E-state index is 0.0607. The summed E-state index contributed by atoms with van der Waals surface area (Å²) >= 11 is 0. The highest BCUT2D eigenvalue weighted by molar-refractivity contribution is 5.31. The molecule has 1 aliphatic rings. The average Bonchev–Trinajstić information content (AvgIpc) is 3.07. The Bertz CT molecular complexity index is 358. The van der Waals surface area contributed by atoms with Crippen LogP contribution in [-0.4, -0.2) is 6.54 Å². The zero-order valence-electron chi connectivity index (χ0n) is 10.1. The van der Waals surface area contributed by atoms with Crippen molar-refractivity contribution in [1.29, 1.82) is 0 Å². The molecule has 0 spiro atoms. The van der Waals surface area contributed by atoms with Crippen LogP contribution in [0.1, 0.15) is 38.7 Å². The second-order valence-electron chi connectivity index (χ2n) is 4.96. The van der Waals surface area contributed by atoms with Crippen LogP contribution >= 0.6 is 0 Å². The summed E-state index contributed by atoms with van der Waals surface area (Å²) in [7, 11) is 0. The lowest BCUT2D eigenvalue weighted by molar-refractivity contribution is 0.421. The summed E-state index contributed by atoms with van der Waals surface area (Å²) in [4.78, 5) is 0. The van der Waals surface area contributed by atoms with E-state index in [1.165, 1.54) is 6.42 Å². The highest BCUT2D eigenvalue weighted by atomic mass is 19.1. The van der Waals surface area contributed by atoms with Crippen LogP contribution in [0.5, 0.6) is 0 Å². The van der Waals surface area contributed by atoms with Gasteiger partial charge in [0.2, 0.25) is 0 Å². The van der Waals surface area contributed by atoms with E-state index in [1.807, 2.05) is 12.1 Å². The van der Waals surface area contributed by atoms with Crippen LogP contribution in [0.4, 0.5) is 4.39 Å². The van der Waals surface area contributed by atoms with Crippen molar-refractivity contribution in [2.75, 3.05) is 6.54 Å². The van der Waals surface area contributed by atoms with Gasteiger partial charge in [0.25, 0.3) is 0 Å². The van der Waals surface area contributed by atoms with Gasteiger partial charge < -0.3 is 5.32 Å². The minimum atomic E-state index is -0.0725. The van der Waals surface area contributed by atoms with Crippen LogP contribution < -0.4 is 5.32 Å². The summed E-state index contributed by atoms with van der Waals surface area (Å²) in [5.74, 6) is 0.584. The maximum Gasteiger partial charge on any atom is 0.128 e. The van der Waals surface area contributed by atoms with Gasteiger partial charge in [-0.3, -0.25) is 0 Å². The molecule has 0 bridgehead atoms. The van der Waals surface area contributed by atoms with E-state index in [2.05, 4.69) is 19.2 Å². The van der Waals surface area contributed by atoms with Gasteiger partial charge >= 0.3 is 0 Å². The molecule has 16 heavy (non-hydrogen) atoms. The fraction of sp³-hybridized carbons (Fsp3) is 0.571. The lowest BCUT2D eigenvalue weighted by atomic mass is 10.0. The van der Waals surface area contributed by atoms with E-state index in [4.69, 9.17) is 0 Å². The van der Waals surface area contributed by atoms with Crippen molar-refractivity contribution >= 4 is 0 Å². The third kappa shape index (κ3) is 2.27. The van der Waals surface area contributed by atoms with E-state index in [0.717, 1.165) is 24.9 Å². The molecule has 1 nitrogen and oxygen atoms in total. The number of halogens is 1. The van der Waals surface area contributed by atoms with E-state index in [9.17, 15) is 4.39 Å². The molecule has 1 aromatic rings. The van der Waals surface area contributed by atoms with E-state index < -0.39 is 0 Å². The van der Waals surface area contributed by atoms with Gasteiger partial charge in [0.05, 0.1) is 0 Å². The number of nitrogens with one attached hydrogen (secondary N) is 1. The monoisotopic (exact) mass is 221 g/mol. The van der Waals surface area contributed by atoms with Gasteiger partial charge in [0.1, 0.15) is 5.82 Å². The second-order valence-corrected chi connectivity index (χ2v) is 4.96. The van der Waals surface area contributed by atoms with Crippen molar-refractivity contribution < 1.29 is 4.39 Å². The van der Waals surface area contributed by atoms with E-state index in [-0.39, 0.29) is 11.4 Å². The van der Waals surface area contributed by atoms with Crippen LogP contribution in [0.25, 0.3) is 0 Å². The predicted octanol–water partition coefficient (Wildman–Crippen LogP) is 3.45. The fourth-order valence-corrected chi connectivity index (χ4v) is 2.03. The van der Waals surface area contributed by atoms with Gasteiger partial charge in [0.15, 0.2) is 0 Å². The Morgan fingerprint density at radius 1 is 1.38 bits per heavy atom. The smallest absolute Gasteiger partial charge is 0.128 e. The Kier molecular flexibility index (Phi) is 3.29. The summed E-state index contributed by atoms with van der Waals surface area (Å²) in [6, 6.07) is 7.14. The lowest BCUT2D eigenvalue weighted by Crippen LogP contribution is -2.33. The Morgan fingerprint density at radius 2 is 2.06 bits per heavy atom. The molecule has 0 heterocycles. The first-order valence-corrected chi connectivity index (χ1v) is 6.18. The normalized spacial score (nSPS) is 19.4. The molecule has 1 fully saturated rings. The molecule has 1 atom stereocenters. The molecular weight excluding hydrogens is 201 g/mol. The summed E-state index contributed by atoms with van der Waals surface area (Å²) in [5, 5.41) is 3.54. The average molecular weight is 221 g/mol. The number of benzene rings is 1. The second kappa shape index (κ2) is 4.54. The molecule has 1 aromatic carbocycles. The predicted molar refractivity (Wildman–Crippen MR) is 64.8 cm³/mol. The van der Waals surface area contributed by atoms with Crippen LogP contribution in [0.3, 0.4) is 0 Å². The van der Waals surface area contributed by atoms with Crippen molar-refractivity contribution in [2.24, 2.45) is 5.92 Å². The van der Waals surface area contributed by atoms with Crippen LogP contribution in [0.15, 0.2) is 24.3 Å². The van der Waals surface area contributed by atoms with Crippen molar-refractivity contribution in [2.45, 2.75) is 38.6 Å². The molecule has 88 valence electrons. The molecule has 0 aromatic heterocycles. The third-order valence-electron chi connectivity index (χ3n) is 3.63. The van der Waals surface area contributed by atoms with Gasteiger partial charge in [-0.15, -0.1) is 0 Å². The number of rotatable bonds is 5. The largest absolute Gasteiger partial charge is 0.307 e. The molecule has 0 radical (unpaired) electrons. The van der Waals surface area contributed by atoms with Crippen molar-refractivity contribution in [3.8, 4) is 0 Å². The topological polar surface area (TPSA) is 12.0 Å². The summed E-state index contributed by atoms with van der Waals surface area (Å²) in [6.07, 6.45) is 3.29. The zero-order chi connectivity index (χ0) is 11.6. The highest BCUT2D eigenvalue weighted by Gasteiger charge is 2.45. The SMILES string of the molecule is CCC(C)CNC1(c2ccccc2F)CC1. The van der Waals surface area contributed by atoms with Gasteiger partial charge in [0, 0.05) is 11.1 Å². The van der Waals surface area contributed by atoms with Crippen LogP contribution in [-0.2, 0) is 5.54 Å². The lowest BCUT2D eigenvalue weighted by Gasteiger charge is -2.20. The maximum atomic E-state index is 13.7. The Balaban J connectivity index is 2.06. The molecule has 2 heteroatoms. The summed E-state index contributed by atoms with van der Waals surface area (Å²) in [6.45, 7) is 5.39. The van der Waals surface area contributed by atoms with Gasteiger partial charge in [-0.05, 0) is 31.4 Å². The van der Waals surface area contributed by atoms with E-state index in [1.54, 1.807) is 12.1 Å². The molecule has 1 saturated carbocycles. The molecule has 1 unspecified atom stereocenters. The molecule has 1 aliphatic carbocycles. The Hall–Kier alpha value is -0.890. The summed E-state index contributed by atoms with van der Waals surface area (Å²) in [5.41, 5.74) is 0.785. The van der Waals surface area contributed by atoms with Crippen molar-refractivity contribution in [1.82, 2.24) is 5.32 Å². The first-order chi connectivity index (χ1) is 7.68. The van der Waals surface area contributed by atoms with Gasteiger partial charge in [-0.1, -0.05) is 38.5 Å².